The van der Waals surface area contributed by atoms with Gasteiger partial charge in [0.25, 0.3) is 0 Å². The highest BCUT2D eigenvalue weighted by atomic mass is 32.2. The van der Waals surface area contributed by atoms with Crippen molar-refractivity contribution in [2.45, 2.75) is 24.3 Å². The smallest absolute Gasteiger partial charge is 0.247 e. The van der Waals surface area contributed by atoms with E-state index in [2.05, 4.69) is 5.10 Å². The molecule has 0 bridgehead atoms. The first-order valence-corrected chi connectivity index (χ1v) is 11.4. The maximum Gasteiger partial charge on any atom is 0.247 e. The summed E-state index contributed by atoms with van der Waals surface area (Å²) in [6.45, 7) is 1.88. The highest BCUT2D eigenvalue weighted by Crippen LogP contribution is 2.32. The number of nitrogens with zero attached hydrogens (tertiary/aromatic N) is 3. The summed E-state index contributed by atoms with van der Waals surface area (Å²) in [4.78, 5) is -0.000789. The van der Waals surface area contributed by atoms with Gasteiger partial charge in [0.15, 0.2) is 9.84 Å². The average molecular weight is 399 g/mol. The van der Waals surface area contributed by atoms with Crippen molar-refractivity contribution in [3.8, 4) is 11.4 Å². The van der Waals surface area contributed by atoms with Crippen LogP contribution in [0.5, 0.6) is 5.75 Å². The Hall–Kier alpha value is -1.91. The number of methoxy groups -OCH3 is 1. The van der Waals surface area contributed by atoms with Gasteiger partial charge < -0.3 is 4.74 Å². The van der Waals surface area contributed by atoms with Gasteiger partial charge in [0.1, 0.15) is 10.6 Å². The lowest BCUT2D eigenvalue weighted by Gasteiger charge is -2.26. The molecule has 8 nitrogen and oxygen atoms in total. The van der Waals surface area contributed by atoms with Crippen LogP contribution in [0.3, 0.4) is 0 Å². The van der Waals surface area contributed by atoms with E-state index in [-0.39, 0.29) is 28.7 Å². The summed E-state index contributed by atoms with van der Waals surface area (Å²) in [6, 6.07) is 5.95. The molecular weight excluding hydrogens is 378 g/mol. The summed E-state index contributed by atoms with van der Waals surface area (Å²) in [5, 5.41) is 4.11. The number of sulfone groups is 1. The van der Waals surface area contributed by atoms with Gasteiger partial charge in [-0.3, -0.25) is 0 Å². The van der Waals surface area contributed by atoms with Gasteiger partial charge in [0, 0.05) is 25.0 Å². The van der Waals surface area contributed by atoms with Crippen LogP contribution in [0, 0.1) is 0 Å². The van der Waals surface area contributed by atoms with Crippen molar-refractivity contribution in [3.63, 3.8) is 0 Å². The normalized spacial score (nSPS) is 19.7. The van der Waals surface area contributed by atoms with E-state index in [1.165, 1.54) is 17.5 Å². The predicted molar refractivity (Wildman–Crippen MR) is 96.7 cm³/mol. The van der Waals surface area contributed by atoms with Gasteiger partial charge >= 0.3 is 0 Å². The van der Waals surface area contributed by atoms with Crippen LogP contribution in [0.1, 0.15) is 13.3 Å². The molecule has 1 aliphatic rings. The second-order valence-corrected chi connectivity index (χ2v) is 10.1. The molecule has 1 fully saturated rings. The topological polar surface area (TPSA) is 98.6 Å². The third-order valence-electron chi connectivity index (χ3n) is 4.43. The molecule has 26 heavy (non-hydrogen) atoms. The Labute approximate surface area is 153 Å². The highest BCUT2D eigenvalue weighted by Gasteiger charge is 2.39. The molecule has 1 atom stereocenters. The lowest BCUT2D eigenvalue weighted by Crippen LogP contribution is -2.41. The molecule has 1 aliphatic heterocycles. The van der Waals surface area contributed by atoms with Gasteiger partial charge in [0.2, 0.25) is 10.0 Å². The molecule has 1 saturated heterocycles. The molecule has 2 aromatic rings. The monoisotopic (exact) mass is 399 g/mol. The predicted octanol–water partition coefficient (Wildman–Crippen LogP) is 1.08. The zero-order valence-corrected chi connectivity index (χ0v) is 16.2. The quantitative estimate of drug-likeness (QED) is 0.721. The first-order chi connectivity index (χ1) is 12.3. The minimum atomic E-state index is -3.94. The van der Waals surface area contributed by atoms with Crippen molar-refractivity contribution in [1.82, 2.24) is 14.1 Å². The molecule has 1 aromatic carbocycles. The molecule has 10 heteroatoms. The third kappa shape index (κ3) is 3.49. The molecule has 3 rings (SSSR count). The van der Waals surface area contributed by atoms with Crippen molar-refractivity contribution in [1.29, 1.82) is 0 Å². The Morgan fingerprint density at radius 3 is 2.69 bits per heavy atom. The second-order valence-electron chi connectivity index (χ2n) is 6.05. The molecule has 2 heterocycles. The summed E-state index contributed by atoms with van der Waals surface area (Å²) in [7, 11) is -5.74. The van der Waals surface area contributed by atoms with Crippen molar-refractivity contribution in [2.24, 2.45) is 0 Å². The maximum atomic E-state index is 13.3. The molecule has 0 spiro atoms. The third-order valence-corrected chi connectivity index (χ3v) is 8.23. The minimum Gasteiger partial charge on any atom is -0.495 e. The summed E-state index contributed by atoms with van der Waals surface area (Å²) >= 11 is 0. The molecule has 142 valence electrons. The first kappa shape index (κ1) is 18.9. The number of hydrogen-bond acceptors (Lipinski definition) is 6. The van der Waals surface area contributed by atoms with E-state index in [4.69, 9.17) is 4.74 Å². The van der Waals surface area contributed by atoms with Gasteiger partial charge in [-0.2, -0.15) is 9.40 Å². The van der Waals surface area contributed by atoms with Crippen LogP contribution in [-0.4, -0.2) is 62.1 Å². The van der Waals surface area contributed by atoms with Crippen LogP contribution in [0.25, 0.3) is 5.69 Å². The van der Waals surface area contributed by atoms with Crippen LogP contribution >= 0.6 is 0 Å². The highest BCUT2D eigenvalue weighted by molar-refractivity contribution is 7.92. The van der Waals surface area contributed by atoms with Gasteiger partial charge in [-0.1, -0.05) is 6.92 Å². The number of hydrogen-bond donors (Lipinski definition) is 0. The summed E-state index contributed by atoms with van der Waals surface area (Å²) in [5.74, 6) is 0.0651. The van der Waals surface area contributed by atoms with E-state index < -0.39 is 25.9 Å². The zero-order chi connectivity index (χ0) is 18.9. The number of sulfonamides is 1. The van der Waals surface area contributed by atoms with E-state index in [1.807, 2.05) is 0 Å². The molecule has 1 aromatic heterocycles. The molecule has 0 N–H and O–H groups in total. The molecule has 1 unspecified atom stereocenters. The fraction of sp³-hybridized carbons (Fsp3) is 0.438. The molecule has 0 saturated carbocycles. The largest absolute Gasteiger partial charge is 0.495 e. The lowest BCUT2D eigenvalue weighted by molar-refractivity contribution is 0.349. The second kappa shape index (κ2) is 7.01. The fourth-order valence-corrected chi connectivity index (χ4v) is 6.85. The maximum absolute atomic E-state index is 13.3. The summed E-state index contributed by atoms with van der Waals surface area (Å²) in [5.41, 5.74) is 0.574. The molecule has 0 radical (unpaired) electrons. The summed E-state index contributed by atoms with van der Waals surface area (Å²) < 4.78 is 58.2. The van der Waals surface area contributed by atoms with Crippen molar-refractivity contribution < 1.29 is 21.6 Å². The van der Waals surface area contributed by atoms with E-state index in [9.17, 15) is 16.8 Å². The Bertz CT molecular complexity index is 985. The first-order valence-electron chi connectivity index (χ1n) is 8.19. The standard InChI is InChI=1S/C16H21N3O5S2/c1-3-19(14-7-10-25(20,21)12-14)26(22,23)16-11-13(5-6-15(16)24-2)18-9-4-8-17-18/h4-6,8-9,11,14H,3,7,10,12H2,1-2H3. The Kier molecular flexibility index (Phi) is 5.09. The van der Waals surface area contributed by atoms with E-state index >= 15 is 0 Å². The van der Waals surface area contributed by atoms with Crippen LogP contribution in [0.2, 0.25) is 0 Å². The van der Waals surface area contributed by atoms with Crippen LogP contribution in [0.15, 0.2) is 41.6 Å². The van der Waals surface area contributed by atoms with E-state index in [0.717, 1.165) is 0 Å². The SMILES string of the molecule is CCN(C1CCS(=O)(=O)C1)S(=O)(=O)c1cc(-n2cccn2)ccc1OC. The van der Waals surface area contributed by atoms with Crippen LogP contribution in [0.4, 0.5) is 0 Å². The van der Waals surface area contributed by atoms with Crippen molar-refractivity contribution in [3.05, 3.63) is 36.7 Å². The molecule has 0 amide bonds. The molecular formula is C16H21N3O5S2. The van der Waals surface area contributed by atoms with Crippen LogP contribution < -0.4 is 4.74 Å². The van der Waals surface area contributed by atoms with Crippen LogP contribution in [-0.2, 0) is 19.9 Å². The Balaban J connectivity index is 2.06. The lowest BCUT2D eigenvalue weighted by atomic mass is 10.3. The fourth-order valence-electron chi connectivity index (χ4n) is 3.18. The van der Waals surface area contributed by atoms with Gasteiger partial charge in [0.05, 0.1) is 24.3 Å². The van der Waals surface area contributed by atoms with Gasteiger partial charge in [-0.05, 0) is 30.7 Å². The van der Waals surface area contributed by atoms with Gasteiger partial charge in [-0.15, -0.1) is 0 Å². The Morgan fingerprint density at radius 2 is 2.15 bits per heavy atom. The summed E-state index contributed by atoms with van der Waals surface area (Å²) in [6.07, 6.45) is 3.61. The average Bonchev–Trinajstić information content (AvgIpc) is 3.24. The number of ether oxygens (including phenoxy) is 1. The van der Waals surface area contributed by atoms with E-state index in [1.54, 1.807) is 42.2 Å². The van der Waals surface area contributed by atoms with Crippen molar-refractivity contribution >= 4 is 19.9 Å². The number of rotatable bonds is 6. The van der Waals surface area contributed by atoms with E-state index in [0.29, 0.717) is 12.1 Å². The van der Waals surface area contributed by atoms with Crippen molar-refractivity contribution in [2.75, 3.05) is 25.2 Å². The number of aromatic nitrogens is 2. The van der Waals surface area contributed by atoms with Gasteiger partial charge in [-0.25, -0.2) is 21.5 Å². The minimum absolute atomic E-state index is 0.000789. The Morgan fingerprint density at radius 1 is 1.38 bits per heavy atom. The zero-order valence-electron chi connectivity index (χ0n) is 14.6. The molecule has 0 aliphatic carbocycles. The number of benzene rings is 1.